The van der Waals surface area contributed by atoms with Crippen LogP contribution in [0.1, 0.15) is 33.1 Å². The van der Waals surface area contributed by atoms with Crippen LogP contribution in [-0.4, -0.2) is 31.6 Å². The van der Waals surface area contributed by atoms with Crippen LogP contribution in [0.25, 0.3) is 0 Å². The molecule has 0 aliphatic carbocycles. The average molecular weight is 199 g/mol. The van der Waals surface area contributed by atoms with Gasteiger partial charge < -0.3 is 14.8 Å². The lowest BCUT2D eigenvalue weighted by atomic mass is 9.92. The van der Waals surface area contributed by atoms with Crippen LogP contribution in [0.2, 0.25) is 0 Å². The van der Waals surface area contributed by atoms with Gasteiger partial charge in [-0.3, -0.25) is 0 Å². The van der Waals surface area contributed by atoms with Crippen molar-refractivity contribution in [3.63, 3.8) is 0 Å². The normalized spacial score (nSPS) is 37.3. The van der Waals surface area contributed by atoms with Crippen LogP contribution >= 0.6 is 0 Å². The second kappa shape index (κ2) is 4.17. The van der Waals surface area contributed by atoms with Crippen molar-refractivity contribution in [2.45, 2.75) is 44.9 Å². The van der Waals surface area contributed by atoms with Crippen molar-refractivity contribution in [2.75, 3.05) is 19.8 Å². The molecule has 2 aliphatic rings. The molecule has 0 aromatic heterocycles. The highest BCUT2D eigenvalue weighted by Gasteiger charge is 2.34. The highest BCUT2D eigenvalue weighted by molar-refractivity contribution is 4.82. The minimum absolute atomic E-state index is 0.321. The quantitative estimate of drug-likeness (QED) is 0.731. The Bertz CT molecular complexity index is 182. The first kappa shape index (κ1) is 10.4. The summed E-state index contributed by atoms with van der Waals surface area (Å²) in [6, 6.07) is 0.578. The van der Waals surface area contributed by atoms with Crippen LogP contribution in [0.4, 0.5) is 0 Å². The van der Waals surface area contributed by atoms with Gasteiger partial charge in [0.1, 0.15) is 0 Å². The van der Waals surface area contributed by atoms with E-state index in [0.29, 0.717) is 6.04 Å². The van der Waals surface area contributed by atoms with Crippen LogP contribution in [0.3, 0.4) is 0 Å². The first-order valence-corrected chi connectivity index (χ1v) is 5.69. The maximum atomic E-state index is 5.61. The molecule has 0 saturated carbocycles. The van der Waals surface area contributed by atoms with Gasteiger partial charge in [-0.1, -0.05) is 6.92 Å². The van der Waals surface area contributed by atoms with E-state index >= 15 is 0 Å². The summed E-state index contributed by atoms with van der Waals surface area (Å²) in [4.78, 5) is 0. The molecule has 3 nitrogen and oxygen atoms in total. The predicted octanol–water partition coefficient (Wildman–Crippen LogP) is 1.53. The Morgan fingerprint density at radius 3 is 2.57 bits per heavy atom. The van der Waals surface area contributed by atoms with Gasteiger partial charge in [0, 0.05) is 12.5 Å². The van der Waals surface area contributed by atoms with Crippen molar-refractivity contribution >= 4 is 0 Å². The number of nitrogens with one attached hydrogen (secondary N) is 1. The zero-order valence-electron chi connectivity index (χ0n) is 9.21. The molecule has 2 aliphatic heterocycles. The first-order valence-electron chi connectivity index (χ1n) is 5.69. The third-order valence-corrected chi connectivity index (χ3v) is 3.28. The van der Waals surface area contributed by atoms with E-state index < -0.39 is 0 Å². The Morgan fingerprint density at radius 1 is 1.29 bits per heavy atom. The standard InChI is InChI=1S/C11H21NO2/c1-9-3-4-10(12-8-9)7-11(2)13-5-6-14-11/h9-10,12H,3-8H2,1-2H3/t9-,10-/m0/s1. The molecule has 2 heterocycles. The van der Waals surface area contributed by atoms with Gasteiger partial charge in [0.05, 0.1) is 13.2 Å². The molecule has 0 amide bonds. The monoisotopic (exact) mass is 199 g/mol. The van der Waals surface area contributed by atoms with Crippen LogP contribution in [0.5, 0.6) is 0 Å². The van der Waals surface area contributed by atoms with Crippen LogP contribution in [0, 0.1) is 5.92 Å². The maximum Gasteiger partial charge on any atom is 0.167 e. The Morgan fingerprint density at radius 2 is 2.00 bits per heavy atom. The van der Waals surface area contributed by atoms with Gasteiger partial charge in [0.2, 0.25) is 0 Å². The lowest BCUT2D eigenvalue weighted by molar-refractivity contribution is -0.152. The molecule has 2 rings (SSSR count). The van der Waals surface area contributed by atoms with Gasteiger partial charge in [-0.25, -0.2) is 0 Å². The summed E-state index contributed by atoms with van der Waals surface area (Å²) in [6.07, 6.45) is 3.57. The molecule has 14 heavy (non-hydrogen) atoms. The number of hydrogen-bond donors (Lipinski definition) is 1. The second-order valence-electron chi connectivity index (χ2n) is 4.82. The predicted molar refractivity (Wildman–Crippen MR) is 55.1 cm³/mol. The van der Waals surface area contributed by atoms with Crippen molar-refractivity contribution in [3.8, 4) is 0 Å². The maximum absolute atomic E-state index is 5.61. The Hall–Kier alpha value is -0.120. The summed E-state index contributed by atoms with van der Waals surface area (Å²) in [5.41, 5.74) is 0. The molecule has 3 heteroatoms. The fourth-order valence-corrected chi connectivity index (χ4v) is 2.35. The van der Waals surface area contributed by atoms with E-state index in [2.05, 4.69) is 19.2 Å². The van der Waals surface area contributed by atoms with E-state index in [9.17, 15) is 0 Å². The minimum Gasteiger partial charge on any atom is -0.348 e. The topological polar surface area (TPSA) is 30.5 Å². The van der Waals surface area contributed by atoms with Gasteiger partial charge >= 0.3 is 0 Å². The zero-order chi connectivity index (χ0) is 10.0. The molecule has 0 spiro atoms. The molecule has 82 valence electrons. The summed E-state index contributed by atoms with van der Waals surface area (Å²) in [5.74, 6) is 0.502. The van der Waals surface area contributed by atoms with Crippen LogP contribution in [0.15, 0.2) is 0 Å². The fourth-order valence-electron chi connectivity index (χ4n) is 2.35. The molecule has 0 bridgehead atoms. The van der Waals surface area contributed by atoms with Gasteiger partial charge in [0.15, 0.2) is 5.79 Å². The number of ether oxygens (including phenoxy) is 2. The Kier molecular flexibility index (Phi) is 3.10. The number of hydrogen-bond acceptors (Lipinski definition) is 3. The summed E-state index contributed by atoms with van der Waals surface area (Å²) < 4.78 is 11.2. The van der Waals surface area contributed by atoms with E-state index in [4.69, 9.17) is 9.47 Å². The van der Waals surface area contributed by atoms with Crippen molar-refractivity contribution in [1.82, 2.24) is 5.32 Å². The van der Waals surface area contributed by atoms with Crippen molar-refractivity contribution in [2.24, 2.45) is 5.92 Å². The first-order chi connectivity index (χ1) is 6.68. The average Bonchev–Trinajstić information content (AvgIpc) is 2.57. The molecule has 2 fully saturated rings. The summed E-state index contributed by atoms with van der Waals surface area (Å²) in [7, 11) is 0. The summed E-state index contributed by atoms with van der Waals surface area (Å²) in [5, 5.41) is 3.56. The van der Waals surface area contributed by atoms with E-state index in [1.165, 1.54) is 12.8 Å². The number of rotatable bonds is 2. The van der Waals surface area contributed by atoms with Gasteiger partial charge in [-0.2, -0.15) is 0 Å². The molecule has 0 unspecified atom stereocenters. The van der Waals surface area contributed by atoms with E-state index in [1.54, 1.807) is 0 Å². The number of piperidine rings is 1. The molecule has 0 aromatic carbocycles. The van der Waals surface area contributed by atoms with Gasteiger partial charge in [-0.15, -0.1) is 0 Å². The third kappa shape index (κ3) is 2.47. The van der Waals surface area contributed by atoms with Crippen molar-refractivity contribution in [1.29, 1.82) is 0 Å². The fraction of sp³-hybridized carbons (Fsp3) is 1.00. The van der Waals surface area contributed by atoms with E-state index in [1.807, 2.05) is 0 Å². The van der Waals surface area contributed by atoms with Crippen molar-refractivity contribution in [3.05, 3.63) is 0 Å². The summed E-state index contributed by atoms with van der Waals surface area (Å²) in [6.45, 7) is 6.99. The molecule has 1 N–H and O–H groups in total. The zero-order valence-corrected chi connectivity index (χ0v) is 9.21. The van der Waals surface area contributed by atoms with Crippen molar-refractivity contribution < 1.29 is 9.47 Å². The second-order valence-corrected chi connectivity index (χ2v) is 4.82. The SMILES string of the molecule is C[C@H]1CC[C@@H](CC2(C)OCCO2)NC1. The lowest BCUT2D eigenvalue weighted by Gasteiger charge is -2.33. The molecule has 0 radical (unpaired) electrons. The third-order valence-electron chi connectivity index (χ3n) is 3.28. The highest BCUT2D eigenvalue weighted by atomic mass is 16.7. The van der Waals surface area contributed by atoms with E-state index in [-0.39, 0.29) is 5.79 Å². The molecule has 0 aromatic rings. The molecular weight excluding hydrogens is 178 g/mol. The highest BCUT2D eigenvalue weighted by Crippen LogP contribution is 2.27. The molecular formula is C11H21NO2. The van der Waals surface area contributed by atoms with Gasteiger partial charge in [-0.05, 0) is 32.2 Å². The summed E-state index contributed by atoms with van der Waals surface area (Å²) >= 11 is 0. The minimum atomic E-state index is -0.321. The van der Waals surface area contributed by atoms with E-state index in [0.717, 1.165) is 32.1 Å². The van der Waals surface area contributed by atoms with Crippen LogP contribution < -0.4 is 5.32 Å². The van der Waals surface area contributed by atoms with Gasteiger partial charge in [0.25, 0.3) is 0 Å². The molecule has 2 saturated heterocycles. The Balaban J connectivity index is 1.79. The Labute approximate surface area is 86.2 Å². The lowest BCUT2D eigenvalue weighted by Crippen LogP contribution is -2.43. The van der Waals surface area contributed by atoms with Crippen LogP contribution in [-0.2, 0) is 9.47 Å². The molecule has 2 atom stereocenters. The smallest absolute Gasteiger partial charge is 0.167 e. The largest absolute Gasteiger partial charge is 0.348 e.